The SMILES string of the molecule is CCCON(C(=O)Nc1ccc2[nH]cc(C3CCN4CCCC4C3)c2c1)c1ccccc1. The highest BCUT2D eigenvalue weighted by atomic mass is 16.7. The van der Waals surface area contributed by atoms with Crippen molar-refractivity contribution < 1.29 is 9.63 Å². The number of nitrogens with one attached hydrogen (secondary N) is 2. The Labute approximate surface area is 189 Å². The molecule has 2 amide bonds. The lowest BCUT2D eigenvalue weighted by atomic mass is 9.85. The summed E-state index contributed by atoms with van der Waals surface area (Å²) in [5.41, 5.74) is 3.99. The van der Waals surface area contributed by atoms with Gasteiger partial charge in [-0.1, -0.05) is 25.1 Å². The van der Waals surface area contributed by atoms with E-state index in [1.54, 1.807) is 0 Å². The second-order valence-corrected chi connectivity index (χ2v) is 8.95. The first-order valence-corrected chi connectivity index (χ1v) is 11.9. The van der Waals surface area contributed by atoms with Gasteiger partial charge in [0.15, 0.2) is 0 Å². The van der Waals surface area contributed by atoms with Crippen molar-refractivity contribution in [2.45, 2.75) is 51.0 Å². The van der Waals surface area contributed by atoms with E-state index in [9.17, 15) is 4.79 Å². The minimum atomic E-state index is -0.291. The van der Waals surface area contributed by atoms with Crippen LogP contribution in [0.15, 0.2) is 54.7 Å². The summed E-state index contributed by atoms with van der Waals surface area (Å²) < 4.78 is 0. The maximum Gasteiger partial charge on any atom is 0.350 e. The molecule has 1 aromatic heterocycles. The van der Waals surface area contributed by atoms with Gasteiger partial charge in [0.05, 0.1) is 12.3 Å². The molecule has 0 aliphatic carbocycles. The quantitative estimate of drug-likeness (QED) is 0.478. The number of hydroxylamine groups is 1. The Morgan fingerprint density at radius 3 is 2.91 bits per heavy atom. The number of rotatable bonds is 6. The molecule has 2 N–H and O–H groups in total. The molecule has 6 nitrogen and oxygen atoms in total. The van der Waals surface area contributed by atoms with Crippen LogP contribution in [0.5, 0.6) is 0 Å². The molecule has 0 bridgehead atoms. The molecule has 0 radical (unpaired) electrons. The second kappa shape index (κ2) is 9.35. The molecule has 2 aliphatic heterocycles. The van der Waals surface area contributed by atoms with Crippen LogP contribution >= 0.6 is 0 Å². The third kappa shape index (κ3) is 4.25. The summed E-state index contributed by atoms with van der Waals surface area (Å²) in [5.74, 6) is 0.572. The largest absolute Gasteiger partial charge is 0.361 e. The summed E-state index contributed by atoms with van der Waals surface area (Å²) in [6.07, 6.45) is 8.09. The highest BCUT2D eigenvalue weighted by Gasteiger charge is 2.33. The Morgan fingerprint density at radius 2 is 2.06 bits per heavy atom. The van der Waals surface area contributed by atoms with Gasteiger partial charge in [-0.2, -0.15) is 5.06 Å². The molecular weight excluding hydrogens is 400 g/mol. The molecule has 0 spiro atoms. The molecule has 2 atom stereocenters. The van der Waals surface area contributed by atoms with Crippen molar-refractivity contribution in [2.75, 3.05) is 30.1 Å². The summed E-state index contributed by atoms with van der Waals surface area (Å²) in [6, 6.07) is 16.0. The fraction of sp³-hybridized carbons (Fsp3) is 0.423. The number of fused-ring (bicyclic) bond motifs is 2. The number of H-pyrrole nitrogens is 1. The fourth-order valence-electron chi connectivity index (χ4n) is 5.24. The van der Waals surface area contributed by atoms with Crippen molar-refractivity contribution in [3.8, 4) is 0 Å². The van der Waals surface area contributed by atoms with Gasteiger partial charge < -0.3 is 15.2 Å². The molecule has 168 valence electrons. The Bertz CT molecular complexity index is 1060. The van der Waals surface area contributed by atoms with E-state index < -0.39 is 0 Å². The van der Waals surface area contributed by atoms with Crippen LogP contribution in [-0.2, 0) is 4.84 Å². The number of carbonyl (C=O) groups excluding carboxylic acids is 1. The van der Waals surface area contributed by atoms with Crippen molar-refractivity contribution in [2.24, 2.45) is 0 Å². The number of nitrogens with zero attached hydrogens (tertiary/aromatic N) is 2. The summed E-state index contributed by atoms with van der Waals surface area (Å²) in [6.45, 7) is 4.96. The zero-order valence-corrected chi connectivity index (χ0v) is 18.7. The normalized spacial score (nSPS) is 20.9. The first-order chi connectivity index (χ1) is 15.7. The van der Waals surface area contributed by atoms with E-state index in [2.05, 4.69) is 33.5 Å². The van der Waals surface area contributed by atoms with E-state index in [0.717, 1.165) is 23.7 Å². The van der Waals surface area contributed by atoms with Gasteiger partial charge >= 0.3 is 6.03 Å². The van der Waals surface area contributed by atoms with Gasteiger partial charge in [-0.05, 0) is 87.0 Å². The summed E-state index contributed by atoms with van der Waals surface area (Å²) in [7, 11) is 0. The number of benzene rings is 2. The number of piperidine rings is 1. The first kappa shape index (κ1) is 21.0. The van der Waals surface area contributed by atoms with Crippen LogP contribution < -0.4 is 10.4 Å². The van der Waals surface area contributed by atoms with Gasteiger partial charge in [0.2, 0.25) is 0 Å². The van der Waals surface area contributed by atoms with Crippen LogP contribution in [0.4, 0.5) is 16.2 Å². The lowest BCUT2D eigenvalue weighted by Gasteiger charge is -2.34. The van der Waals surface area contributed by atoms with Crippen LogP contribution in [0.1, 0.15) is 50.5 Å². The van der Waals surface area contributed by atoms with E-state index in [4.69, 9.17) is 4.84 Å². The van der Waals surface area contributed by atoms with Crippen molar-refractivity contribution in [1.82, 2.24) is 9.88 Å². The van der Waals surface area contributed by atoms with E-state index >= 15 is 0 Å². The lowest BCUT2D eigenvalue weighted by Crippen LogP contribution is -2.37. The van der Waals surface area contributed by atoms with E-state index in [0.29, 0.717) is 18.2 Å². The number of amides is 2. The molecule has 2 fully saturated rings. The van der Waals surface area contributed by atoms with Gasteiger partial charge in [-0.15, -0.1) is 0 Å². The van der Waals surface area contributed by atoms with Crippen molar-refractivity contribution in [3.63, 3.8) is 0 Å². The number of hydrogen-bond acceptors (Lipinski definition) is 3. The third-order valence-electron chi connectivity index (χ3n) is 6.82. The molecule has 5 rings (SSSR count). The number of para-hydroxylation sites is 1. The summed E-state index contributed by atoms with van der Waals surface area (Å²) >= 11 is 0. The highest BCUT2D eigenvalue weighted by Crippen LogP contribution is 2.39. The molecule has 2 saturated heterocycles. The number of hydrogen-bond donors (Lipinski definition) is 2. The Morgan fingerprint density at radius 1 is 1.19 bits per heavy atom. The lowest BCUT2D eigenvalue weighted by molar-refractivity contribution is 0.122. The third-order valence-corrected chi connectivity index (χ3v) is 6.82. The summed E-state index contributed by atoms with van der Waals surface area (Å²) in [5, 5.41) is 5.60. The number of urea groups is 1. The zero-order valence-electron chi connectivity index (χ0n) is 18.7. The Kier molecular flexibility index (Phi) is 6.14. The van der Waals surface area contributed by atoms with Crippen LogP contribution in [-0.4, -0.2) is 41.7 Å². The van der Waals surface area contributed by atoms with Crippen LogP contribution in [0, 0.1) is 0 Å². The number of carbonyl (C=O) groups is 1. The predicted molar refractivity (Wildman–Crippen MR) is 129 cm³/mol. The standard InChI is InChI=1S/C26H32N4O2/c1-2-15-32-30(21-7-4-3-5-8-21)26(31)28-20-10-11-25-23(17-20)24(18-27-25)19-12-14-29-13-6-9-22(29)16-19/h3-5,7-8,10-11,17-19,22,27H,2,6,9,12-16H2,1H3,(H,28,31). The Balaban J connectivity index is 1.36. The molecule has 0 saturated carbocycles. The maximum atomic E-state index is 13.1. The second-order valence-electron chi connectivity index (χ2n) is 8.95. The van der Waals surface area contributed by atoms with Gasteiger partial charge in [0.1, 0.15) is 0 Å². The zero-order chi connectivity index (χ0) is 21.9. The number of aromatic amines is 1. The molecule has 3 aromatic rings. The molecule has 3 heterocycles. The summed E-state index contributed by atoms with van der Waals surface area (Å²) in [4.78, 5) is 24.9. The van der Waals surface area contributed by atoms with E-state index in [-0.39, 0.29) is 6.03 Å². The smallest absolute Gasteiger partial charge is 0.350 e. The molecule has 6 heteroatoms. The molecule has 2 aromatic carbocycles. The van der Waals surface area contributed by atoms with Crippen LogP contribution in [0.25, 0.3) is 10.9 Å². The maximum absolute atomic E-state index is 13.1. The number of aromatic nitrogens is 1. The van der Waals surface area contributed by atoms with Crippen LogP contribution in [0.2, 0.25) is 0 Å². The van der Waals surface area contributed by atoms with Gasteiger partial charge in [-0.25, -0.2) is 4.79 Å². The first-order valence-electron chi connectivity index (χ1n) is 11.9. The number of anilines is 2. The van der Waals surface area contributed by atoms with Gasteiger partial charge in [0.25, 0.3) is 0 Å². The molecule has 32 heavy (non-hydrogen) atoms. The van der Waals surface area contributed by atoms with Gasteiger partial charge in [-0.3, -0.25) is 4.84 Å². The van der Waals surface area contributed by atoms with E-state index in [1.807, 2.05) is 43.3 Å². The molecule has 2 aliphatic rings. The Hall–Kier alpha value is -2.83. The molecular formula is C26H32N4O2. The predicted octanol–water partition coefficient (Wildman–Crippen LogP) is 5.89. The fourth-order valence-corrected chi connectivity index (χ4v) is 5.24. The average Bonchev–Trinajstić information content (AvgIpc) is 3.46. The average molecular weight is 433 g/mol. The topological polar surface area (TPSA) is 60.6 Å². The highest BCUT2D eigenvalue weighted by molar-refractivity contribution is 6.01. The van der Waals surface area contributed by atoms with Crippen molar-refractivity contribution >= 4 is 28.3 Å². The van der Waals surface area contributed by atoms with Crippen LogP contribution in [0.3, 0.4) is 0 Å². The van der Waals surface area contributed by atoms with Crippen molar-refractivity contribution in [3.05, 3.63) is 60.3 Å². The van der Waals surface area contributed by atoms with Crippen molar-refractivity contribution in [1.29, 1.82) is 0 Å². The van der Waals surface area contributed by atoms with Gasteiger partial charge in [0, 0.05) is 28.8 Å². The minimum Gasteiger partial charge on any atom is -0.361 e. The van der Waals surface area contributed by atoms with E-state index in [1.165, 1.54) is 54.8 Å². The monoisotopic (exact) mass is 432 g/mol. The molecule has 2 unspecified atom stereocenters. The minimum absolute atomic E-state index is 0.291.